The number of hydrogen-bond acceptors (Lipinski definition) is 5. The van der Waals surface area contributed by atoms with Gasteiger partial charge in [-0.2, -0.15) is 4.31 Å². The Hall–Kier alpha value is -2.49. The van der Waals surface area contributed by atoms with E-state index in [0.29, 0.717) is 36.7 Å². The van der Waals surface area contributed by atoms with Crippen molar-refractivity contribution in [2.24, 2.45) is 5.92 Å². The van der Waals surface area contributed by atoms with E-state index in [2.05, 4.69) is 10.3 Å². The van der Waals surface area contributed by atoms with Crippen molar-refractivity contribution in [3.05, 3.63) is 65.6 Å². The summed E-state index contributed by atoms with van der Waals surface area (Å²) in [5.41, 5.74) is 1.99. The van der Waals surface area contributed by atoms with Gasteiger partial charge in [0.2, 0.25) is 5.91 Å². The molecule has 30 heavy (non-hydrogen) atoms. The highest BCUT2D eigenvalue weighted by Crippen LogP contribution is 2.26. The fourth-order valence-electron chi connectivity index (χ4n) is 3.75. The molecule has 0 spiro atoms. The number of nitrogens with one attached hydrogen (secondary N) is 1. The number of aryl methyl sites for hydroxylation is 1. The average molecular weight is 445 g/mol. The number of carbonyl (C=O) groups excluding carboxylic acids is 1. The molecule has 0 bridgehead atoms. The molecule has 2 aromatic heterocycles. The summed E-state index contributed by atoms with van der Waals surface area (Å²) in [4.78, 5) is 17.0. The summed E-state index contributed by atoms with van der Waals surface area (Å²) in [7, 11) is -3.45. The minimum atomic E-state index is -3.45. The van der Waals surface area contributed by atoms with Crippen LogP contribution < -0.4 is 5.32 Å². The molecule has 1 amide bonds. The molecule has 0 radical (unpaired) electrons. The summed E-state index contributed by atoms with van der Waals surface area (Å²) < 4.78 is 29.1. The van der Waals surface area contributed by atoms with Gasteiger partial charge in [0.15, 0.2) is 0 Å². The molecule has 1 aliphatic heterocycles. The number of benzene rings is 1. The number of rotatable bonds is 6. The third-order valence-corrected chi connectivity index (χ3v) is 8.72. The van der Waals surface area contributed by atoms with E-state index in [9.17, 15) is 13.2 Å². The zero-order valence-electron chi connectivity index (χ0n) is 16.7. The van der Waals surface area contributed by atoms with E-state index in [-0.39, 0.29) is 11.8 Å². The fourth-order valence-corrected chi connectivity index (χ4v) is 6.36. The number of piperidine rings is 1. The van der Waals surface area contributed by atoms with Crippen LogP contribution in [0.3, 0.4) is 0 Å². The van der Waals surface area contributed by atoms with Crippen LogP contribution in [-0.2, 0) is 21.4 Å². The molecule has 0 atom stereocenters. The first-order valence-corrected chi connectivity index (χ1v) is 12.2. The van der Waals surface area contributed by atoms with E-state index in [1.807, 2.05) is 42.0 Å². The average Bonchev–Trinajstić information content (AvgIpc) is 3.45. The van der Waals surface area contributed by atoms with Crippen molar-refractivity contribution in [1.82, 2.24) is 19.2 Å². The summed E-state index contributed by atoms with van der Waals surface area (Å²) in [6.07, 6.45) is 4.71. The van der Waals surface area contributed by atoms with Gasteiger partial charge in [-0.1, -0.05) is 24.3 Å². The normalized spacial score (nSPS) is 15.9. The molecule has 1 aliphatic rings. The number of hydrogen-bond donors (Lipinski definition) is 1. The minimum Gasteiger partial charge on any atom is -0.352 e. The van der Waals surface area contributed by atoms with Crippen LogP contribution >= 0.6 is 11.3 Å². The lowest BCUT2D eigenvalue weighted by Gasteiger charge is -2.30. The van der Waals surface area contributed by atoms with Gasteiger partial charge in [0, 0.05) is 37.9 Å². The molecule has 0 unspecified atom stereocenters. The molecular weight excluding hydrogens is 420 g/mol. The Balaban J connectivity index is 1.36. The molecular formula is C21H24N4O3S2. The van der Waals surface area contributed by atoms with Gasteiger partial charge in [-0.15, -0.1) is 11.3 Å². The third-order valence-electron chi connectivity index (χ3n) is 5.44. The van der Waals surface area contributed by atoms with Crippen LogP contribution in [0.4, 0.5) is 0 Å². The number of aromatic nitrogens is 2. The fraction of sp³-hybridized carbons (Fsp3) is 0.333. The Morgan fingerprint density at radius 3 is 2.63 bits per heavy atom. The molecule has 0 saturated carbocycles. The van der Waals surface area contributed by atoms with Crippen LogP contribution in [0.2, 0.25) is 0 Å². The second kappa shape index (κ2) is 8.71. The Labute approximate surface area is 180 Å². The Kier molecular flexibility index (Phi) is 6.03. The number of sulfonamides is 1. The quantitative estimate of drug-likeness (QED) is 0.634. The van der Waals surface area contributed by atoms with Crippen molar-refractivity contribution >= 4 is 27.3 Å². The van der Waals surface area contributed by atoms with Crippen LogP contribution in [-0.4, -0.2) is 41.3 Å². The van der Waals surface area contributed by atoms with Crippen molar-refractivity contribution in [2.75, 3.05) is 13.1 Å². The predicted molar refractivity (Wildman–Crippen MR) is 116 cm³/mol. The lowest BCUT2D eigenvalue weighted by atomic mass is 9.97. The molecule has 1 saturated heterocycles. The van der Waals surface area contributed by atoms with Gasteiger partial charge in [-0.3, -0.25) is 4.79 Å². The highest BCUT2D eigenvalue weighted by Gasteiger charge is 2.32. The molecule has 1 aromatic carbocycles. The number of amides is 1. The van der Waals surface area contributed by atoms with Gasteiger partial charge in [-0.25, -0.2) is 13.4 Å². The maximum absolute atomic E-state index is 12.7. The van der Waals surface area contributed by atoms with Gasteiger partial charge < -0.3 is 9.88 Å². The van der Waals surface area contributed by atoms with Crippen LogP contribution in [0, 0.1) is 12.8 Å². The van der Waals surface area contributed by atoms with E-state index in [0.717, 1.165) is 17.1 Å². The van der Waals surface area contributed by atoms with Crippen molar-refractivity contribution in [2.45, 2.75) is 30.5 Å². The second-order valence-corrected chi connectivity index (χ2v) is 10.4. The number of thiophene rings is 1. The van der Waals surface area contributed by atoms with E-state index in [4.69, 9.17) is 0 Å². The SMILES string of the molecule is Cc1nccn1-c1ccccc1CNC(=O)C1CCN(S(=O)(=O)c2cccs2)CC1. The molecule has 158 valence electrons. The number of imidazole rings is 1. The Morgan fingerprint density at radius 2 is 1.97 bits per heavy atom. The van der Waals surface area contributed by atoms with Gasteiger partial charge in [0.1, 0.15) is 10.0 Å². The van der Waals surface area contributed by atoms with Crippen LogP contribution in [0.5, 0.6) is 0 Å². The standard InChI is InChI=1S/C21H24N4O3S2/c1-16-22-10-13-25(16)19-6-3-2-5-18(19)15-23-21(26)17-8-11-24(12-9-17)30(27,28)20-7-4-14-29-20/h2-7,10,13-14,17H,8-9,11-12,15H2,1H3,(H,23,26). The molecule has 9 heteroatoms. The molecule has 7 nitrogen and oxygen atoms in total. The first kappa shape index (κ1) is 20.8. The van der Waals surface area contributed by atoms with E-state index >= 15 is 0 Å². The summed E-state index contributed by atoms with van der Waals surface area (Å²) in [5, 5.41) is 4.79. The van der Waals surface area contributed by atoms with Gasteiger partial charge in [0.25, 0.3) is 10.0 Å². The first-order chi connectivity index (χ1) is 14.5. The van der Waals surface area contributed by atoms with Crippen LogP contribution in [0.25, 0.3) is 5.69 Å². The van der Waals surface area contributed by atoms with Crippen molar-refractivity contribution in [3.63, 3.8) is 0 Å². The lowest BCUT2D eigenvalue weighted by molar-refractivity contribution is -0.126. The number of para-hydroxylation sites is 1. The van der Waals surface area contributed by atoms with Crippen LogP contribution in [0.15, 0.2) is 58.4 Å². The van der Waals surface area contributed by atoms with Crippen molar-refractivity contribution < 1.29 is 13.2 Å². The first-order valence-electron chi connectivity index (χ1n) is 9.86. The summed E-state index contributed by atoms with van der Waals surface area (Å²) in [6, 6.07) is 11.3. The monoisotopic (exact) mass is 444 g/mol. The summed E-state index contributed by atoms with van der Waals surface area (Å²) in [5.74, 6) is 0.676. The molecule has 1 N–H and O–H groups in total. The van der Waals surface area contributed by atoms with Crippen molar-refractivity contribution in [3.8, 4) is 5.69 Å². The lowest BCUT2D eigenvalue weighted by Crippen LogP contribution is -2.42. The number of nitrogens with zero attached hydrogens (tertiary/aromatic N) is 3. The summed E-state index contributed by atoms with van der Waals surface area (Å²) in [6.45, 7) is 3.08. The predicted octanol–water partition coefficient (Wildman–Crippen LogP) is 2.96. The zero-order valence-corrected chi connectivity index (χ0v) is 18.3. The second-order valence-electron chi connectivity index (χ2n) is 7.30. The largest absolute Gasteiger partial charge is 0.352 e. The van der Waals surface area contributed by atoms with Crippen molar-refractivity contribution in [1.29, 1.82) is 0 Å². The highest BCUT2D eigenvalue weighted by atomic mass is 32.2. The Morgan fingerprint density at radius 1 is 1.20 bits per heavy atom. The topological polar surface area (TPSA) is 84.3 Å². The minimum absolute atomic E-state index is 0.0275. The molecule has 1 fully saturated rings. The van der Waals surface area contributed by atoms with Gasteiger partial charge in [0.05, 0.1) is 5.69 Å². The Bertz CT molecular complexity index is 1110. The molecule has 0 aliphatic carbocycles. The summed E-state index contributed by atoms with van der Waals surface area (Å²) >= 11 is 1.22. The van der Waals surface area contributed by atoms with Crippen LogP contribution in [0.1, 0.15) is 24.2 Å². The molecule has 3 aromatic rings. The third kappa shape index (κ3) is 4.19. The van der Waals surface area contributed by atoms with Gasteiger partial charge in [-0.05, 0) is 42.8 Å². The van der Waals surface area contributed by atoms with E-state index in [1.165, 1.54) is 15.6 Å². The molecule has 4 rings (SSSR count). The van der Waals surface area contributed by atoms with Gasteiger partial charge >= 0.3 is 0 Å². The number of carbonyl (C=O) groups is 1. The highest BCUT2D eigenvalue weighted by molar-refractivity contribution is 7.91. The smallest absolute Gasteiger partial charge is 0.252 e. The maximum atomic E-state index is 12.7. The zero-order chi connectivity index (χ0) is 21.1. The molecule has 3 heterocycles. The van der Waals surface area contributed by atoms with E-state index < -0.39 is 10.0 Å². The maximum Gasteiger partial charge on any atom is 0.252 e. The van der Waals surface area contributed by atoms with E-state index in [1.54, 1.807) is 23.7 Å².